The summed E-state index contributed by atoms with van der Waals surface area (Å²) in [5.41, 5.74) is 0. The highest BCUT2D eigenvalue weighted by atomic mass is 16.5. The number of carboxylic acids is 1. The summed E-state index contributed by atoms with van der Waals surface area (Å²) in [7, 11) is 3.09. The van der Waals surface area contributed by atoms with Gasteiger partial charge < -0.3 is 20.1 Å². The molecule has 0 bridgehead atoms. The van der Waals surface area contributed by atoms with Crippen LogP contribution in [0.15, 0.2) is 0 Å². The predicted molar refractivity (Wildman–Crippen MR) is 59.4 cm³/mol. The first-order chi connectivity index (χ1) is 7.50. The number of carbonyl (C=O) groups excluding carboxylic acids is 1. The van der Waals surface area contributed by atoms with Gasteiger partial charge in [0.15, 0.2) is 0 Å². The van der Waals surface area contributed by atoms with Crippen LogP contribution in [0, 0.1) is 0 Å². The second-order valence-corrected chi connectivity index (χ2v) is 3.56. The highest BCUT2D eigenvalue weighted by molar-refractivity contribution is 5.82. The predicted octanol–water partition coefficient (Wildman–Crippen LogP) is 0.527. The van der Waals surface area contributed by atoms with Crippen molar-refractivity contribution in [3.05, 3.63) is 0 Å². The van der Waals surface area contributed by atoms with Crippen LogP contribution in [0.3, 0.4) is 0 Å². The zero-order valence-corrected chi connectivity index (χ0v) is 10.0. The SMILES string of the molecule is COCCCCNC(=O)N(C)C(C)C(=O)O. The van der Waals surface area contributed by atoms with Crippen molar-refractivity contribution in [1.29, 1.82) is 0 Å². The van der Waals surface area contributed by atoms with Gasteiger partial charge in [-0.05, 0) is 19.8 Å². The minimum atomic E-state index is -1.02. The number of amides is 2. The summed E-state index contributed by atoms with van der Waals surface area (Å²) in [6.45, 7) is 2.66. The number of hydrogen-bond donors (Lipinski definition) is 2. The molecule has 1 unspecified atom stereocenters. The molecule has 6 heteroatoms. The Bertz CT molecular complexity index is 233. The third-order valence-electron chi connectivity index (χ3n) is 2.31. The molecule has 0 rings (SSSR count). The second kappa shape index (κ2) is 7.92. The number of carboxylic acid groups (broad SMARTS) is 1. The van der Waals surface area contributed by atoms with Gasteiger partial charge in [0.25, 0.3) is 0 Å². The van der Waals surface area contributed by atoms with Gasteiger partial charge in [-0.2, -0.15) is 0 Å². The van der Waals surface area contributed by atoms with Crippen molar-refractivity contribution in [2.75, 3.05) is 27.3 Å². The molecular weight excluding hydrogens is 212 g/mol. The van der Waals surface area contributed by atoms with E-state index in [4.69, 9.17) is 9.84 Å². The molecule has 0 aliphatic rings. The molecule has 0 aliphatic carbocycles. The van der Waals surface area contributed by atoms with Crippen LogP contribution in [0.2, 0.25) is 0 Å². The number of hydrogen-bond acceptors (Lipinski definition) is 3. The van der Waals surface area contributed by atoms with E-state index in [9.17, 15) is 9.59 Å². The molecule has 16 heavy (non-hydrogen) atoms. The largest absolute Gasteiger partial charge is 0.480 e. The van der Waals surface area contributed by atoms with Crippen LogP contribution in [0.1, 0.15) is 19.8 Å². The molecule has 0 saturated carbocycles. The molecule has 0 spiro atoms. The van der Waals surface area contributed by atoms with Crippen LogP contribution in [0.4, 0.5) is 4.79 Å². The molecule has 0 heterocycles. The van der Waals surface area contributed by atoms with Crippen molar-refractivity contribution in [2.45, 2.75) is 25.8 Å². The van der Waals surface area contributed by atoms with Gasteiger partial charge in [0.05, 0.1) is 0 Å². The number of unbranched alkanes of at least 4 members (excludes halogenated alkanes) is 1. The van der Waals surface area contributed by atoms with E-state index in [1.54, 1.807) is 7.11 Å². The minimum absolute atomic E-state index is 0.368. The average Bonchev–Trinajstić information content (AvgIpc) is 2.26. The van der Waals surface area contributed by atoms with E-state index in [1.807, 2.05) is 0 Å². The van der Waals surface area contributed by atoms with Gasteiger partial charge >= 0.3 is 12.0 Å². The molecule has 0 aromatic heterocycles. The number of nitrogens with zero attached hydrogens (tertiary/aromatic N) is 1. The zero-order valence-electron chi connectivity index (χ0n) is 10.0. The Labute approximate surface area is 95.6 Å². The molecule has 6 nitrogen and oxygen atoms in total. The van der Waals surface area contributed by atoms with Gasteiger partial charge in [-0.15, -0.1) is 0 Å². The van der Waals surface area contributed by atoms with Crippen LogP contribution in [0.5, 0.6) is 0 Å². The normalized spacial score (nSPS) is 11.9. The van der Waals surface area contributed by atoms with E-state index in [0.29, 0.717) is 13.2 Å². The number of aliphatic carboxylic acids is 1. The van der Waals surface area contributed by atoms with Gasteiger partial charge in [0.1, 0.15) is 6.04 Å². The average molecular weight is 232 g/mol. The molecule has 0 aliphatic heterocycles. The number of rotatable bonds is 7. The van der Waals surface area contributed by atoms with Gasteiger partial charge in [0.2, 0.25) is 0 Å². The van der Waals surface area contributed by atoms with Crippen LogP contribution in [-0.2, 0) is 9.53 Å². The van der Waals surface area contributed by atoms with E-state index in [2.05, 4.69) is 5.32 Å². The third-order valence-corrected chi connectivity index (χ3v) is 2.31. The lowest BCUT2D eigenvalue weighted by Crippen LogP contribution is -2.45. The fourth-order valence-corrected chi connectivity index (χ4v) is 1.03. The number of nitrogens with one attached hydrogen (secondary N) is 1. The molecule has 0 radical (unpaired) electrons. The monoisotopic (exact) mass is 232 g/mol. The smallest absolute Gasteiger partial charge is 0.326 e. The van der Waals surface area contributed by atoms with E-state index in [1.165, 1.54) is 18.9 Å². The number of carbonyl (C=O) groups is 2. The van der Waals surface area contributed by atoms with Gasteiger partial charge in [-0.1, -0.05) is 0 Å². The highest BCUT2D eigenvalue weighted by Gasteiger charge is 2.20. The van der Waals surface area contributed by atoms with Crippen molar-refractivity contribution < 1.29 is 19.4 Å². The summed E-state index contributed by atoms with van der Waals surface area (Å²) in [4.78, 5) is 23.2. The molecule has 94 valence electrons. The maximum absolute atomic E-state index is 11.4. The molecule has 0 aromatic rings. The summed E-state index contributed by atoms with van der Waals surface area (Å²) < 4.78 is 4.87. The molecule has 0 saturated heterocycles. The zero-order chi connectivity index (χ0) is 12.6. The first-order valence-corrected chi connectivity index (χ1v) is 5.23. The van der Waals surface area contributed by atoms with Gasteiger partial charge in [-0.25, -0.2) is 9.59 Å². The van der Waals surface area contributed by atoms with Gasteiger partial charge in [0, 0.05) is 27.3 Å². The minimum Gasteiger partial charge on any atom is -0.480 e. The van der Waals surface area contributed by atoms with E-state index in [-0.39, 0.29) is 6.03 Å². The lowest BCUT2D eigenvalue weighted by atomic mass is 10.3. The summed E-state index contributed by atoms with van der Waals surface area (Å²) >= 11 is 0. The topological polar surface area (TPSA) is 78.9 Å². The maximum atomic E-state index is 11.4. The van der Waals surface area contributed by atoms with Crippen molar-refractivity contribution >= 4 is 12.0 Å². The number of ether oxygens (including phenoxy) is 1. The maximum Gasteiger partial charge on any atom is 0.326 e. The summed E-state index contributed by atoms with van der Waals surface area (Å²) in [5.74, 6) is -1.02. The van der Waals surface area contributed by atoms with Crippen molar-refractivity contribution in [1.82, 2.24) is 10.2 Å². The van der Waals surface area contributed by atoms with Crippen LogP contribution in [-0.4, -0.2) is 55.4 Å². The second-order valence-electron chi connectivity index (χ2n) is 3.56. The molecular formula is C10H20N2O4. The van der Waals surface area contributed by atoms with Gasteiger partial charge in [-0.3, -0.25) is 0 Å². The fourth-order valence-electron chi connectivity index (χ4n) is 1.03. The van der Waals surface area contributed by atoms with E-state index < -0.39 is 12.0 Å². The Morgan fingerprint density at radius 2 is 2.06 bits per heavy atom. The Kier molecular flexibility index (Phi) is 7.28. The number of likely N-dealkylation sites (N-methyl/N-ethyl adjacent to an activating group) is 1. The molecule has 0 fully saturated rings. The number of methoxy groups -OCH3 is 1. The molecule has 1 atom stereocenters. The Balaban J connectivity index is 3.75. The third kappa shape index (κ3) is 5.55. The summed E-state index contributed by atoms with van der Waals surface area (Å²) in [6, 6.07) is -1.19. The molecule has 2 amide bonds. The fraction of sp³-hybridized carbons (Fsp3) is 0.800. The standard InChI is InChI=1S/C10H20N2O4/c1-8(9(13)14)12(2)10(15)11-6-4-5-7-16-3/h8H,4-7H2,1-3H3,(H,11,15)(H,13,14). The van der Waals surface area contributed by atoms with Crippen LogP contribution in [0.25, 0.3) is 0 Å². The molecule has 2 N–H and O–H groups in total. The number of urea groups is 1. The first kappa shape index (κ1) is 14.7. The van der Waals surface area contributed by atoms with Crippen molar-refractivity contribution in [3.8, 4) is 0 Å². The first-order valence-electron chi connectivity index (χ1n) is 5.23. The van der Waals surface area contributed by atoms with Crippen LogP contribution >= 0.6 is 0 Å². The summed E-state index contributed by atoms with van der Waals surface area (Å²) in [5, 5.41) is 11.3. The van der Waals surface area contributed by atoms with Crippen LogP contribution < -0.4 is 5.32 Å². The lowest BCUT2D eigenvalue weighted by Gasteiger charge is -2.21. The lowest BCUT2D eigenvalue weighted by molar-refractivity contribution is -0.141. The van der Waals surface area contributed by atoms with Crippen molar-refractivity contribution in [2.24, 2.45) is 0 Å². The Morgan fingerprint density at radius 3 is 2.56 bits per heavy atom. The quantitative estimate of drug-likeness (QED) is 0.627. The van der Waals surface area contributed by atoms with E-state index in [0.717, 1.165) is 12.8 Å². The Hall–Kier alpha value is -1.30. The highest BCUT2D eigenvalue weighted by Crippen LogP contribution is 1.96. The molecule has 0 aromatic carbocycles. The van der Waals surface area contributed by atoms with E-state index >= 15 is 0 Å². The Morgan fingerprint density at radius 1 is 1.44 bits per heavy atom. The summed E-state index contributed by atoms with van der Waals surface area (Å²) in [6.07, 6.45) is 1.68. The van der Waals surface area contributed by atoms with Crippen molar-refractivity contribution in [3.63, 3.8) is 0 Å².